The molecule has 35 heavy (non-hydrogen) atoms. The number of para-hydroxylation sites is 1. The van der Waals surface area contributed by atoms with E-state index in [-0.39, 0.29) is 12.2 Å². The fourth-order valence-electron chi connectivity index (χ4n) is 3.24. The first-order valence-corrected chi connectivity index (χ1v) is 11.1. The van der Waals surface area contributed by atoms with E-state index in [2.05, 4.69) is 28.2 Å². The maximum atomic E-state index is 12.7. The Hall–Kier alpha value is -3.62. The second-order valence-electron chi connectivity index (χ2n) is 7.73. The average molecular weight is 509 g/mol. The van der Waals surface area contributed by atoms with Crippen molar-refractivity contribution >= 4 is 53.1 Å². The van der Waals surface area contributed by atoms with Crippen molar-refractivity contribution in [2.24, 2.45) is 11.5 Å². The van der Waals surface area contributed by atoms with Crippen LogP contribution in [0.15, 0.2) is 30.5 Å². The molecule has 14 heteroatoms. The van der Waals surface area contributed by atoms with Crippen LogP contribution in [0.1, 0.15) is 12.0 Å². The van der Waals surface area contributed by atoms with E-state index in [4.69, 9.17) is 21.7 Å². The molecule has 0 aliphatic rings. The van der Waals surface area contributed by atoms with Gasteiger partial charge in [-0.05, 0) is 18.1 Å². The number of aliphatic hydroxyl groups is 1. The molecule has 4 unspecified atom stereocenters. The molecular formula is C21H28N6O7S. The molecule has 0 spiro atoms. The number of hydrogen-bond donors (Lipinski definition) is 9. The van der Waals surface area contributed by atoms with Crippen molar-refractivity contribution in [2.75, 3.05) is 12.4 Å². The number of fused-ring (bicyclic) bond motifs is 1. The van der Waals surface area contributed by atoms with Gasteiger partial charge in [-0.1, -0.05) is 18.2 Å². The summed E-state index contributed by atoms with van der Waals surface area (Å²) in [6.45, 7) is -0.872. The molecule has 2 aromatic rings. The summed E-state index contributed by atoms with van der Waals surface area (Å²) in [5, 5.41) is 25.6. The Labute approximate surface area is 205 Å². The third kappa shape index (κ3) is 7.70. The Morgan fingerprint density at radius 2 is 1.57 bits per heavy atom. The number of hydrogen-bond acceptors (Lipinski definition) is 8. The number of H-pyrrole nitrogens is 1. The first-order valence-electron chi connectivity index (χ1n) is 10.5. The number of nitrogens with one attached hydrogen (secondary N) is 4. The van der Waals surface area contributed by atoms with E-state index in [0.717, 1.165) is 16.5 Å². The fourth-order valence-corrected chi connectivity index (χ4v) is 3.50. The zero-order valence-corrected chi connectivity index (χ0v) is 19.5. The minimum Gasteiger partial charge on any atom is -0.480 e. The summed E-state index contributed by atoms with van der Waals surface area (Å²) >= 11 is 3.97. The zero-order valence-electron chi connectivity index (χ0n) is 18.6. The molecule has 0 aliphatic carbocycles. The van der Waals surface area contributed by atoms with Gasteiger partial charge >= 0.3 is 5.97 Å². The first kappa shape index (κ1) is 27.6. The lowest BCUT2D eigenvalue weighted by atomic mass is 10.0. The molecule has 10 N–H and O–H groups in total. The predicted molar refractivity (Wildman–Crippen MR) is 128 cm³/mol. The number of amides is 4. The van der Waals surface area contributed by atoms with Crippen LogP contribution in [0.2, 0.25) is 0 Å². The van der Waals surface area contributed by atoms with Gasteiger partial charge in [-0.2, -0.15) is 12.6 Å². The maximum Gasteiger partial charge on any atom is 0.328 e. The van der Waals surface area contributed by atoms with Gasteiger partial charge in [0.2, 0.25) is 23.6 Å². The fraction of sp³-hybridized carbons (Fsp3) is 0.381. The molecule has 13 nitrogen and oxygen atoms in total. The molecule has 0 aliphatic heterocycles. The number of thiol groups is 1. The van der Waals surface area contributed by atoms with Crippen molar-refractivity contribution in [1.29, 1.82) is 0 Å². The molecule has 190 valence electrons. The number of aromatic amines is 1. The van der Waals surface area contributed by atoms with Gasteiger partial charge in [0.25, 0.3) is 0 Å². The van der Waals surface area contributed by atoms with Gasteiger partial charge in [0.15, 0.2) is 0 Å². The molecule has 4 amide bonds. The first-order chi connectivity index (χ1) is 16.6. The van der Waals surface area contributed by atoms with Gasteiger partial charge in [0.1, 0.15) is 18.1 Å². The number of carboxylic acid groups (broad SMARTS) is 1. The molecule has 0 bridgehead atoms. The highest BCUT2D eigenvalue weighted by Crippen LogP contribution is 2.18. The summed E-state index contributed by atoms with van der Waals surface area (Å²) in [6, 6.07) is 1.99. The van der Waals surface area contributed by atoms with Gasteiger partial charge < -0.3 is 42.6 Å². The zero-order chi connectivity index (χ0) is 26.1. The summed E-state index contributed by atoms with van der Waals surface area (Å²) < 4.78 is 0. The molecule has 2 rings (SSSR count). The van der Waals surface area contributed by atoms with E-state index >= 15 is 0 Å². The van der Waals surface area contributed by atoms with Crippen LogP contribution in [0, 0.1) is 0 Å². The van der Waals surface area contributed by atoms with Gasteiger partial charge in [-0.3, -0.25) is 19.2 Å². The molecule has 0 saturated heterocycles. The highest BCUT2D eigenvalue weighted by molar-refractivity contribution is 7.80. The minimum absolute atomic E-state index is 0.139. The average Bonchev–Trinajstić information content (AvgIpc) is 3.22. The van der Waals surface area contributed by atoms with E-state index < -0.39 is 66.8 Å². The van der Waals surface area contributed by atoms with Crippen LogP contribution >= 0.6 is 12.6 Å². The normalized spacial score (nSPS) is 14.4. The van der Waals surface area contributed by atoms with E-state index in [1.807, 2.05) is 29.6 Å². The highest BCUT2D eigenvalue weighted by Gasteiger charge is 2.30. The van der Waals surface area contributed by atoms with Crippen LogP contribution in [0.25, 0.3) is 10.9 Å². The molecule has 0 fully saturated rings. The van der Waals surface area contributed by atoms with Crippen LogP contribution in [0.4, 0.5) is 0 Å². The third-order valence-electron chi connectivity index (χ3n) is 5.10. The van der Waals surface area contributed by atoms with Crippen molar-refractivity contribution in [3.05, 3.63) is 36.0 Å². The van der Waals surface area contributed by atoms with Crippen LogP contribution in [-0.2, 0) is 30.4 Å². The smallest absolute Gasteiger partial charge is 0.328 e. The number of aliphatic carboxylic acids is 1. The Morgan fingerprint density at radius 1 is 0.971 bits per heavy atom. The van der Waals surface area contributed by atoms with E-state index in [1.165, 1.54) is 0 Å². The van der Waals surface area contributed by atoms with Crippen LogP contribution < -0.4 is 27.4 Å². The number of aliphatic hydroxyl groups excluding tert-OH is 1. The number of carbonyl (C=O) groups is 5. The summed E-state index contributed by atoms with van der Waals surface area (Å²) in [7, 11) is 0. The number of carbonyl (C=O) groups excluding carboxylic acids is 4. The molecule has 1 heterocycles. The SMILES string of the molecule is NC(=O)CC(NC(=O)C(N)Cc1c[nH]c2ccccc12)C(=O)NC(CS)C(=O)NC(CO)C(=O)O. The van der Waals surface area contributed by atoms with Gasteiger partial charge in [0, 0.05) is 22.9 Å². The minimum atomic E-state index is -1.59. The van der Waals surface area contributed by atoms with Gasteiger partial charge in [0.05, 0.1) is 19.1 Å². The van der Waals surface area contributed by atoms with Crippen molar-refractivity contribution in [1.82, 2.24) is 20.9 Å². The van der Waals surface area contributed by atoms with E-state index in [0.29, 0.717) is 0 Å². The lowest BCUT2D eigenvalue weighted by molar-refractivity contribution is -0.143. The topological polar surface area (TPSA) is 230 Å². The standard InChI is InChI=1S/C21H28N6O7S/c22-12(5-10-7-24-13-4-2-1-3-11(10)13)18(30)25-14(6-17(23)29)19(31)27-16(9-35)20(32)26-15(8-28)21(33)34/h1-4,7,12,14-16,24,28,35H,5-6,8-9,22H2,(H2,23,29)(H,25,30)(H,26,32)(H,27,31)(H,33,34). The van der Waals surface area contributed by atoms with Crippen molar-refractivity contribution in [3.8, 4) is 0 Å². The number of rotatable bonds is 13. The third-order valence-corrected chi connectivity index (χ3v) is 5.47. The maximum absolute atomic E-state index is 12.7. The van der Waals surface area contributed by atoms with Crippen molar-refractivity contribution in [2.45, 2.75) is 37.0 Å². The van der Waals surface area contributed by atoms with E-state index in [9.17, 15) is 24.0 Å². The van der Waals surface area contributed by atoms with Gasteiger partial charge in [-0.25, -0.2) is 4.79 Å². The Morgan fingerprint density at radius 3 is 2.17 bits per heavy atom. The molecule has 1 aromatic carbocycles. The highest BCUT2D eigenvalue weighted by atomic mass is 32.1. The molecule has 0 saturated carbocycles. The Balaban J connectivity index is 2.06. The van der Waals surface area contributed by atoms with Crippen molar-refractivity contribution in [3.63, 3.8) is 0 Å². The number of primary amides is 1. The monoisotopic (exact) mass is 508 g/mol. The summed E-state index contributed by atoms with van der Waals surface area (Å²) in [4.78, 5) is 63.3. The van der Waals surface area contributed by atoms with Crippen LogP contribution in [-0.4, -0.2) is 81.3 Å². The Kier molecular flexibility index (Phi) is 10.1. The summed E-state index contributed by atoms with van der Waals surface area (Å²) in [6.07, 6.45) is 1.28. The van der Waals surface area contributed by atoms with E-state index in [1.54, 1.807) is 6.20 Å². The second kappa shape index (κ2) is 12.7. The number of carboxylic acids is 1. The molecule has 1 aromatic heterocycles. The predicted octanol–water partition coefficient (Wildman–Crippen LogP) is -2.63. The quantitative estimate of drug-likeness (QED) is 0.130. The summed E-state index contributed by atoms with van der Waals surface area (Å²) in [5.41, 5.74) is 12.9. The van der Waals surface area contributed by atoms with Crippen molar-refractivity contribution < 1.29 is 34.2 Å². The largest absolute Gasteiger partial charge is 0.480 e. The summed E-state index contributed by atoms with van der Waals surface area (Å²) in [5.74, 6) is -5.21. The molecule has 0 radical (unpaired) electrons. The lowest BCUT2D eigenvalue weighted by Crippen LogP contribution is -2.58. The lowest BCUT2D eigenvalue weighted by Gasteiger charge is -2.23. The molecular weight excluding hydrogens is 480 g/mol. The second-order valence-corrected chi connectivity index (χ2v) is 8.09. The number of aromatic nitrogens is 1. The molecule has 4 atom stereocenters. The number of nitrogens with two attached hydrogens (primary N) is 2. The van der Waals surface area contributed by atoms with Crippen LogP contribution in [0.3, 0.4) is 0 Å². The Bertz CT molecular complexity index is 1090. The number of benzene rings is 1. The van der Waals surface area contributed by atoms with Crippen LogP contribution in [0.5, 0.6) is 0 Å². The van der Waals surface area contributed by atoms with Gasteiger partial charge in [-0.15, -0.1) is 0 Å².